The minimum atomic E-state index is -4.56. The van der Waals surface area contributed by atoms with Gasteiger partial charge in [-0.25, -0.2) is 4.98 Å². The summed E-state index contributed by atoms with van der Waals surface area (Å²) in [6.45, 7) is 10.3. The molecule has 174 valence electrons. The summed E-state index contributed by atoms with van der Waals surface area (Å²) in [4.78, 5) is 8.46. The molecule has 2 heterocycles. The number of alkyl halides is 3. The number of hydrogen-bond donors (Lipinski definition) is 0. The number of aromatic nitrogens is 1. The summed E-state index contributed by atoms with van der Waals surface area (Å²) >= 11 is 6.05. The molecule has 0 bridgehead atoms. The molecule has 1 aromatic heterocycles. The molecule has 0 saturated carbocycles. The first-order valence-electron chi connectivity index (χ1n) is 9.91. The number of hydrogen-bond acceptors (Lipinski definition) is 5. The van der Waals surface area contributed by atoms with Crippen molar-refractivity contribution in [2.45, 2.75) is 37.0 Å². The van der Waals surface area contributed by atoms with Gasteiger partial charge in [0.2, 0.25) is 0 Å². The van der Waals surface area contributed by atoms with Crippen LogP contribution in [-0.4, -0.2) is 50.0 Å². The third kappa shape index (κ3) is 5.02. The van der Waals surface area contributed by atoms with Crippen LogP contribution in [0.5, 0.6) is 0 Å². The lowest BCUT2D eigenvalue weighted by atomic mass is 10.1. The molecule has 1 saturated heterocycles. The van der Waals surface area contributed by atoms with Crippen molar-refractivity contribution in [3.8, 4) is 0 Å². The first-order valence-corrected chi connectivity index (χ1v) is 11.7. The number of rotatable bonds is 6. The maximum Gasteiger partial charge on any atom is 0.416 e. The maximum atomic E-state index is 12.7. The molecular formula is C21H24ClF3N4O2S. The topological polar surface area (TPSA) is 56.8 Å². The molecule has 2 unspecified atom stereocenters. The van der Waals surface area contributed by atoms with Crippen LogP contribution in [0.1, 0.15) is 19.4 Å². The molecule has 0 aliphatic carbocycles. The maximum absolute atomic E-state index is 12.7. The number of pyridine rings is 1. The Morgan fingerprint density at radius 1 is 1.16 bits per heavy atom. The normalized spacial score (nSPS) is 20.2. The molecule has 1 aliphatic rings. The molecular weight excluding hydrogens is 465 g/mol. The van der Waals surface area contributed by atoms with Crippen molar-refractivity contribution in [2.24, 2.45) is 0 Å². The quantitative estimate of drug-likeness (QED) is 0.441. The molecule has 1 aromatic carbocycles. The highest BCUT2D eigenvalue weighted by atomic mass is 35.5. The molecule has 11 heteroatoms. The van der Waals surface area contributed by atoms with Gasteiger partial charge in [-0.1, -0.05) is 6.08 Å². The van der Waals surface area contributed by atoms with Gasteiger partial charge in [0.15, 0.2) is 0 Å². The van der Waals surface area contributed by atoms with Crippen LogP contribution in [0.2, 0.25) is 0 Å². The zero-order valence-electron chi connectivity index (χ0n) is 17.6. The lowest BCUT2D eigenvalue weighted by Gasteiger charge is -2.44. The molecule has 1 aliphatic heterocycles. The second-order valence-corrected chi connectivity index (χ2v) is 10.0. The van der Waals surface area contributed by atoms with Crippen LogP contribution in [0.4, 0.5) is 24.7 Å². The Labute approximate surface area is 191 Å². The van der Waals surface area contributed by atoms with Crippen molar-refractivity contribution in [3.63, 3.8) is 0 Å². The van der Waals surface area contributed by atoms with Gasteiger partial charge >= 0.3 is 6.18 Å². The van der Waals surface area contributed by atoms with Crippen molar-refractivity contribution in [1.29, 1.82) is 0 Å². The van der Waals surface area contributed by atoms with E-state index in [0.29, 0.717) is 21.8 Å². The average molecular weight is 489 g/mol. The molecule has 1 fully saturated rings. The van der Waals surface area contributed by atoms with Gasteiger partial charge in [0.25, 0.3) is 10.0 Å². The monoisotopic (exact) mass is 488 g/mol. The molecule has 2 atom stereocenters. The predicted octanol–water partition coefficient (Wildman–Crippen LogP) is 4.53. The van der Waals surface area contributed by atoms with E-state index >= 15 is 0 Å². The molecule has 2 aromatic rings. The Morgan fingerprint density at radius 3 is 2.22 bits per heavy atom. The van der Waals surface area contributed by atoms with Crippen molar-refractivity contribution in [1.82, 2.24) is 9.88 Å². The van der Waals surface area contributed by atoms with Gasteiger partial charge in [0.05, 0.1) is 22.3 Å². The van der Waals surface area contributed by atoms with E-state index < -0.39 is 21.8 Å². The summed E-state index contributed by atoms with van der Waals surface area (Å²) in [5.41, 5.74) is -0.859. The van der Waals surface area contributed by atoms with Crippen LogP contribution in [0.3, 0.4) is 0 Å². The molecule has 0 N–H and O–H groups in total. The fraction of sp³-hybridized carbons (Fsp3) is 0.381. The van der Waals surface area contributed by atoms with E-state index in [2.05, 4.69) is 35.2 Å². The number of halogens is 4. The lowest BCUT2D eigenvalue weighted by Crippen LogP contribution is -2.56. The fourth-order valence-corrected chi connectivity index (χ4v) is 5.16. The lowest BCUT2D eigenvalue weighted by molar-refractivity contribution is -0.137. The first-order chi connectivity index (χ1) is 14.9. The number of piperazine rings is 1. The Balaban J connectivity index is 1.76. The van der Waals surface area contributed by atoms with Crippen LogP contribution < -0.4 is 8.72 Å². The van der Waals surface area contributed by atoms with Gasteiger partial charge in [-0.15, -0.1) is 6.58 Å². The zero-order valence-corrected chi connectivity index (χ0v) is 19.2. The summed E-state index contributed by atoms with van der Waals surface area (Å²) in [5.74, 6) is 0.683. The first kappa shape index (κ1) is 24.3. The summed E-state index contributed by atoms with van der Waals surface area (Å²) in [6, 6.07) is 6.91. The highest BCUT2D eigenvalue weighted by molar-refractivity contribution is 7.94. The summed E-state index contributed by atoms with van der Waals surface area (Å²) in [5, 5.41) is 0. The van der Waals surface area contributed by atoms with E-state index in [1.165, 1.54) is 12.3 Å². The summed E-state index contributed by atoms with van der Waals surface area (Å²) in [7, 11) is -4.26. The zero-order chi connectivity index (χ0) is 23.7. The van der Waals surface area contributed by atoms with Crippen LogP contribution >= 0.6 is 11.8 Å². The van der Waals surface area contributed by atoms with Crippen molar-refractivity contribution in [2.75, 3.05) is 28.4 Å². The fourth-order valence-electron chi connectivity index (χ4n) is 3.77. The number of anilines is 2. The molecule has 0 radical (unpaired) electrons. The van der Waals surface area contributed by atoms with Gasteiger partial charge < -0.3 is 4.90 Å². The van der Waals surface area contributed by atoms with Crippen LogP contribution in [-0.2, 0) is 16.2 Å². The van der Waals surface area contributed by atoms with E-state index in [4.69, 9.17) is 11.8 Å². The highest BCUT2D eigenvalue weighted by Gasteiger charge is 2.32. The van der Waals surface area contributed by atoms with Crippen molar-refractivity contribution < 1.29 is 21.6 Å². The molecule has 0 amide bonds. The van der Waals surface area contributed by atoms with E-state index in [9.17, 15) is 21.6 Å². The van der Waals surface area contributed by atoms with Crippen molar-refractivity contribution in [3.05, 3.63) is 60.8 Å². The summed E-state index contributed by atoms with van der Waals surface area (Å²) < 4.78 is 64.1. The van der Waals surface area contributed by atoms with Gasteiger partial charge in [0.1, 0.15) is 5.82 Å². The molecule has 3 rings (SSSR count). The third-order valence-electron chi connectivity index (χ3n) is 5.39. The van der Waals surface area contributed by atoms with E-state index in [-0.39, 0.29) is 22.7 Å². The van der Waals surface area contributed by atoms with Gasteiger partial charge in [-0.3, -0.25) is 4.90 Å². The van der Waals surface area contributed by atoms with E-state index in [1.807, 2.05) is 6.08 Å². The SMILES string of the molecule is C=CCN1C(C)CN(c2ccc(N(Cl)S(=O)(=O)c3ccc(C(F)(F)F)cc3)cn2)CC1C. The van der Waals surface area contributed by atoms with Gasteiger partial charge in [0, 0.05) is 43.5 Å². The molecule has 32 heavy (non-hydrogen) atoms. The highest BCUT2D eigenvalue weighted by Crippen LogP contribution is 2.32. The molecule has 6 nitrogen and oxygen atoms in total. The minimum absolute atomic E-state index is 0.0849. The van der Waals surface area contributed by atoms with E-state index in [1.54, 1.807) is 6.07 Å². The standard InChI is InChI=1S/C21H24ClF3N4O2S/c1-4-11-28-15(2)13-27(14-16(28)3)20-10-7-18(12-26-20)29(22)32(30,31)19-8-5-17(6-9-19)21(23,24)25/h4-10,12,15-16H,1,11,13-14H2,2-3H3. The van der Waals surface area contributed by atoms with Gasteiger partial charge in [-0.05, 0) is 50.2 Å². The molecule has 0 spiro atoms. The number of sulfonamides is 1. The van der Waals surface area contributed by atoms with Gasteiger partial charge in [-0.2, -0.15) is 25.4 Å². The Morgan fingerprint density at radius 2 is 1.75 bits per heavy atom. The number of nitrogens with zero attached hydrogens (tertiary/aromatic N) is 4. The smallest absolute Gasteiger partial charge is 0.354 e. The predicted molar refractivity (Wildman–Crippen MR) is 119 cm³/mol. The van der Waals surface area contributed by atoms with Crippen LogP contribution in [0, 0.1) is 0 Å². The largest absolute Gasteiger partial charge is 0.416 e. The van der Waals surface area contributed by atoms with Crippen LogP contribution in [0.15, 0.2) is 60.1 Å². The Hall–Kier alpha value is -2.30. The number of benzene rings is 1. The summed E-state index contributed by atoms with van der Waals surface area (Å²) in [6.07, 6.45) is -1.36. The Kier molecular flexibility index (Phi) is 7.06. The third-order valence-corrected chi connectivity index (χ3v) is 7.63. The van der Waals surface area contributed by atoms with Crippen LogP contribution in [0.25, 0.3) is 0 Å². The second kappa shape index (κ2) is 9.29. The second-order valence-electron chi connectivity index (χ2n) is 7.71. The average Bonchev–Trinajstić information content (AvgIpc) is 2.75. The Bertz CT molecular complexity index is 1030. The van der Waals surface area contributed by atoms with Crippen molar-refractivity contribution >= 4 is 33.3 Å². The minimum Gasteiger partial charge on any atom is -0.354 e. The van der Waals surface area contributed by atoms with E-state index in [0.717, 1.165) is 31.8 Å².